The van der Waals surface area contributed by atoms with Gasteiger partial charge in [-0.1, -0.05) is 12.5 Å². The van der Waals surface area contributed by atoms with Crippen LogP contribution in [0.1, 0.15) is 38.5 Å². The number of allylic oxidation sites excluding steroid dienone is 1. The molecule has 0 aromatic rings. The van der Waals surface area contributed by atoms with Crippen molar-refractivity contribution in [2.45, 2.75) is 44.6 Å². The van der Waals surface area contributed by atoms with Gasteiger partial charge < -0.3 is 4.90 Å². The minimum Gasteiger partial charge on any atom is -0.316 e. The van der Waals surface area contributed by atoms with Crippen LogP contribution in [-0.2, 0) is 4.79 Å². The Hall–Kier alpha value is -0.830. The van der Waals surface area contributed by atoms with E-state index in [-0.39, 0.29) is 0 Å². The fourth-order valence-corrected chi connectivity index (χ4v) is 4.56. The van der Waals surface area contributed by atoms with Gasteiger partial charge in [-0.2, -0.15) is 0 Å². The molecular weight excluding hydrogens is 224 g/mol. The zero-order valence-corrected chi connectivity index (χ0v) is 11.0. The topological polar surface area (TPSA) is 23.6 Å². The molecule has 0 N–H and O–H groups in total. The summed E-state index contributed by atoms with van der Waals surface area (Å²) in [5.41, 5.74) is 1.37. The second-order valence-electron chi connectivity index (χ2n) is 6.36. The fraction of sp³-hybridized carbons (Fsp3) is 0.800. The first kappa shape index (κ1) is 11.0. The molecule has 4 aliphatic heterocycles. The number of amides is 1. The van der Waals surface area contributed by atoms with E-state index in [1.807, 2.05) is 0 Å². The standard InChI is InChI=1S/C15H22N2O/c18-15-12-9-11(13-5-2-4-8-17(13)15)10-16-7-3-1-6-14(12)16/h5,11-12,14H,1-4,6-10H2. The van der Waals surface area contributed by atoms with Crippen LogP contribution in [0, 0.1) is 11.8 Å². The van der Waals surface area contributed by atoms with Crippen molar-refractivity contribution in [3.05, 3.63) is 11.8 Å². The van der Waals surface area contributed by atoms with Crippen LogP contribution in [-0.4, -0.2) is 41.4 Å². The molecule has 2 bridgehead atoms. The van der Waals surface area contributed by atoms with Crippen LogP contribution < -0.4 is 0 Å². The summed E-state index contributed by atoms with van der Waals surface area (Å²) >= 11 is 0. The van der Waals surface area contributed by atoms with Gasteiger partial charge in [-0.15, -0.1) is 0 Å². The molecule has 18 heavy (non-hydrogen) atoms. The molecule has 3 atom stereocenters. The van der Waals surface area contributed by atoms with E-state index in [0.29, 0.717) is 23.8 Å². The van der Waals surface area contributed by atoms with Gasteiger partial charge in [0.2, 0.25) is 5.91 Å². The lowest BCUT2D eigenvalue weighted by Gasteiger charge is -2.53. The number of fused-ring (bicyclic) bond motifs is 6. The highest BCUT2D eigenvalue weighted by molar-refractivity contribution is 5.83. The van der Waals surface area contributed by atoms with Crippen molar-refractivity contribution in [3.63, 3.8) is 0 Å². The molecule has 4 heterocycles. The summed E-state index contributed by atoms with van der Waals surface area (Å²) in [5, 5.41) is 0. The largest absolute Gasteiger partial charge is 0.316 e. The first-order chi connectivity index (χ1) is 8.84. The number of carbonyl (C=O) groups is 1. The molecule has 0 radical (unpaired) electrons. The van der Waals surface area contributed by atoms with Crippen molar-refractivity contribution in [2.75, 3.05) is 19.6 Å². The van der Waals surface area contributed by atoms with E-state index in [1.54, 1.807) is 0 Å². The van der Waals surface area contributed by atoms with E-state index >= 15 is 0 Å². The molecule has 3 unspecified atom stereocenters. The van der Waals surface area contributed by atoms with Crippen molar-refractivity contribution < 1.29 is 4.79 Å². The lowest BCUT2D eigenvalue weighted by atomic mass is 9.73. The van der Waals surface area contributed by atoms with Gasteiger partial charge in [-0.25, -0.2) is 0 Å². The number of hydrogen-bond acceptors (Lipinski definition) is 2. The van der Waals surface area contributed by atoms with Crippen LogP contribution in [0.15, 0.2) is 11.8 Å². The third-order valence-electron chi connectivity index (χ3n) is 5.37. The summed E-state index contributed by atoms with van der Waals surface area (Å²) in [6, 6.07) is 0.561. The third-order valence-corrected chi connectivity index (χ3v) is 5.37. The van der Waals surface area contributed by atoms with Gasteiger partial charge >= 0.3 is 0 Å². The van der Waals surface area contributed by atoms with Gasteiger partial charge in [-0.05, 0) is 38.6 Å². The zero-order valence-electron chi connectivity index (χ0n) is 11.0. The van der Waals surface area contributed by atoms with Crippen molar-refractivity contribution in [3.8, 4) is 0 Å². The predicted octanol–water partition coefficient (Wildman–Crippen LogP) is 2.00. The fourth-order valence-electron chi connectivity index (χ4n) is 4.56. The van der Waals surface area contributed by atoms with E-state index in [9.17, 15) is 4.79 Å². The maximum Gasteiger partial charge on any atom is 0.231 e. The highest BCUT2D eigenvalue weighted by atomic mass is 16.2. The Balaban J connectivity index is 1.69. The Bertz CT molecular complexity index is 403. The third kappa shape index (κ3) is 1.49. The predicted molar refractivity (Wildman–Crippen MR) is 69.8 cm³/mol. The van der Waals surface area contributed by atoms with E-state index in [0.717, 1.165) is 19.4 Å². The van der Waals surface area contributed by atoms with E-state index < -0.39 is 0 Å². The number of piperidine rings is 3. The quantitative estimate of drug-likeness (QED) is 0.652. The SMILES string of the molecule is O=C1C2CC(CN3CCCCC23)C2=CCCCN12. The molecule has 0 saturated carbocycles. The number of carbonyl (C=O) groups excluding carboxylic acids is 1. The van der Waals surface area contributed by atoms with E-state index in [2.05, 4.69) is 15.9 Å². The summed E-state index contributed by atoms with van der Waals surface area (Å²) in [6.07, 6.45) is 9.68. The molecule has 0 aromatic carbocycles. The molecule has 0 aromatic heterocycles. The summed E-state index contributed by atoms with van der Waals surface area (Å²) in [5.74, 6) is 1.38. The maximum atomic E-state index is 12.7. The lowest BCUT2D eigenvalue weighted by molar-refractivity contribution is -0.145. The highest BCUT2D eigenvalue weighted by Crippen LogP contribution is 2.43. The van der Waals surface area contributed by atoms with Crippen LogP contribution in [0.3, 0.4) is 0 Å². The molecule has 0 aliphatic carbocycles. The van der Waals surface area contributed by atoms with Gasteiger partial charge in [-0.3, -0.25) is 9.69 Å². The van der Waals surface area contributed by atoms with Crippen LogP contribution in [0.2, 0.25) is 0 Å². The van der Waals surface area contributed by atoms with Gasteiger partial charge in [0.1, 0.15) is 0 Å². The van der Waals surface area contributed by atoms with E-state index in [4.69, 9.17) is 0 Å². The van der Waals surface area contributed by atoms with Gasteiger partial charge in [0.25, 0.3) is 0 Å². The normalized spacial score (nSPS) is 40.0. The summed E-state index contributed by atoms with van der Waals surface area (Å²) in [6.45, 7) is 3.40. The Labute approximate surface area is 109 Å². The Morgan fingerprint density at radius 2 is 2.11 bits per heavy atom. The molecule has 4 rings (SSSR count). The molecule has 4 aliphatic rings. The van der Waals surface area contributed by atoms with Crippen LogP contribution in [0.4, 0.5) is 0 Å². The molecule has 0 spiro atoms. The molecule has 1 amide bonds. The molecular formula is C15H22N2O. The van der Waals surface area contributed by atoms with Crippen molar-refractivity contribution in [1.29, 1.82) is 0 Å². The van der Waals surface area contributed by atoms with Gasteiger partial charge in [0.05, 0.1) is 5.92 Å². The smallest absolute Gasteiger partial charge is 0.231 e. The maximum absolute atomic E-state index is 12.7. The molecule has 3 heteroatoms. The highest BCUT2D eigenvalue weighted by Gasteiger charge is 2.48. The van der Waals surface area contributed by atoms with Crippen LogP contribution in [0.5, 0.6) is 0 Å². The minimum absolute atomic E-state index is 0.305. The average Bonchev–Trinajstić information content (AvgIpc) is 2.44. The average molecular weight is 246 g/mol. The summed E-state index contributed by atoms with van der Waals surface area (Å²) in [4.78, 5) is 17.4. The van der Waals surface area contributed by atoms with Crippen molar-refractivity contribution in [2.24, 2.45) is 11.8 Å². The number of hydrogen-bond donors (Lipinski definition) is 0. The molecule has 3 nitrogen and oxygen atoms in total. The van der Waals surface area contributed by atoms with Crippen molar-refractivity contribution in [1.82, 2.24) is 9.80 Å². The monoisotopic (exact) mass is 246 g/mol. The number of rotatable bonds is 0. The van der Waals surface area contributed by atoms with Gasteiger partial charge in [0, 0.05) is 30.7 Å². The molecule has 3 saturated heterocycles. The summed E-state index contributed by atoms with van der Waals surface area (Å²) < 4.78 is 0. The van der Waals surface area contributed by atoms with Crippen LogP contribution in [0.25, 0.3) is 0 Å². The molecule has 98 valence electrons. The van der Waals surface area contributed by atoms with Crippen molar-refractivity contribution >= 4 is 5.91 Å². The first-order valence-corrected chi connectivity index (χ1v) is 7.60. The zero-order chi connectivity index (χ0) is 12.1. The van der Waals surface area contributed by atoms with E-state index in [1.165, 1.54) is 44.5 Å². The molecule has 3 fully saturated rings. The Morgan fingerprint density at radius 1 is 1.17 bits per heavy atom. The minimum atomic E-state index is 0.305. The Kier molecular flexibility index (Phi) is 2.51. The first-order valence-electron chi connectivity index (χ1n) is 7.60. The Morgan fingerprint density at radius 3 is 3.06 bits per heavy atom. The second-order valence-corrected chi connectivity index (χ2v) is 6.36. The lowest BCUT2D eigenvalue weighted by Crippen LogP contribution is -2.60. The second kappa shape index (κ2) is 4.09. The van der Waals surface area contributed by atoms with Gasteiger partial charge in [0.15, 0.2) is 0 Å². The van der Waals surface area contributed by atoms with Crippen LogP contribution >= 0.6 is 0 Å². The number of nitrogens with zero attached hydrogens (tertiary/aromatic N) is 2. The summed E-state index contributed by atoms with van der Waals surface area (Å²) in [7, 11) is 0.